The molecule has 1 amide bonds. The van der Waals surface area contributed by atoms with Crippen molar-refractivity contribution in [1.82, 2.24) is 9.80 Å². The monoisotopic (exact) mass is 268 g/mol. The van der Waals surface area contributed by atoms with Gasteiger partial charge in [-0.15, -0.1) is 0 Å². The highest BCUT2D eigenvalue weighted by Gasteiger charge is 2.66. The third kappa shape index (κ3) is 2.24. The van der Waals surface area contributed by atoms with E-state index in [9.17, 15) is 14.7 Å². The minimum absolute atomic E-state index is 0.0178. The molecule has 1 saturated carbocycles. The van der Waals surface area contributed by atoms with E-state index in [4.69, 9.17) is 0 Å². The van der Waals surface area contributed by atoms with Crippen LogP contribution < -0.4 is 0 Å². The molecular formula is C14H24N2O3. The normalized spacial score (nSPS) is 38.1. The topological polar surface area (TPSA) is 60.9 Å². The van der Waals surface area contributed by atoms with Crippen LogP contribution in [0.4, 0.5) is 0 Å². The van der Waals surface area contributed by atoms with Crippen molar-refractivity contribution in [2.75, 3.05) is 20.1 Å². The molecule has 1 aliphatic heterocycles. The lowest BCUT2D eigenvalue weighted by Crippen LogP contribution is -2.57. The first-order valence-corrected chi connectivity index (χ1v) is 6.91. The number of carboxylic acids is 1. The minimum Gasteiger partial charge on any atom is -0.481 e. The maximum atomic E-state index is 12.5. The lowest BCUT2D eigenvalue weighted by molar-refractivity contribution is -0.143. The van der Waals surface area contributed by atoms with Gasteiger partial charge in [0, 0.05) is 25.2 Å². The van der Waals surface area contributed by atoms with Gasteiger partial charge in [-0.25, -0.2) is 0 Å². The smallest absolute Gasteiger partial charge is 0.307 e. The Hall–Kier alpha value is -1.10. The summed E-state index contributed by atoms with van der Waals surface area (Å²) in [5.74, 6) is -1.71. The molecule has 0 radical (unpaired) electrons. The van der Waals surface area contributed by atoms with Crippen LogP contribution in [0.5, 0.6) is 0 Å². The SMILES string of the molecule is CC1CN(C(=O)C2C(C(=O)O)C2(C)C)CC(C)N1C. The molecule has 0 aromatic heterocycles. The van der Waals surface area contributed by atoms with Crippen molar-refractivity contribution in [3.8, 4) is 0 Å². The molecule has 0 spiro atoms. The first-order chi connectivity index (χ1) is 8.67. The van der Waals surface area contributed by atoms with Gasteiger partial charge in [0.15, 0.2) is 0 Å². The molecule has 5 nitrogen and oxygen atoms in total. The van der Waals surface area contributed by atoms with Crippen LogP contribution in [0.3, 0.4) is 0 Å². The summed E-state index contributed by atoms with van der Waals surface area (Å²) in [7, 11) is 2.07. The lowest BCUT2D eigenvalue weighted by atomic mass is 10.1. The van der Waals surface area contributed by atoms with Gasteiger partial charge in [0.05, 0.1) is 11.8 Å². The van der Waals surface area contributed by atoms with Gasteiger partial charge in [-0.05, 0) is 26.3 Å². The summed E-state index contributed by atoms with van der Waals surface area (Å²) >= 11 is 0. The van der Waals surface area contributed by atoms with E-state index in [1.54, 1.807) is 0 Å². The number of carbonyl (C=O) groups is 2. The Balaban J connectivity index is 2.08. The van der Waals surface area contributed by atoms with Gasteiger partial charge in [-0.3, -0.25) is 14.5 Å². The molecule has 4 atom stereocenters. The molecule has 5 heteroatoms. The number of piperazine rings is 1. The Morgan fingerprint density at radius 1 is 1.11 bits per heavy atom. The van der Waals surface area contributed by atoms with E-state index in [1.807, 2.05) is 18.7 Å². The third-order valence-corrected chi connectivity index (χ3v) is 5.03. The predicted molar refractivity (Wildman–Crippen MR) is 71.7 cm³/mol. The van der Waals surface area contributed by atoms with Crippen molar-refractivity contribution in [2.24, 2.45) is 17.3 Å². The Bertz CT molecular complexity index is 395. The van der Waals surface area contributed by atoms with E-state index in [0.29, 0.717) is 25.2 Å². The summed E-state index contributed by atoms with van der Waals surface area (Å²) in [5, 5.41) is 9.17. The Morgan fingerprint density at radius 2 is 1.58 bits per heavy atom. The van der Waals surface area contributed by atoms with E-state index in [2.05, 4.69) is 25.8 Å². The van der Waals surface area contributed by atoms with E-state index in [0.717, 1.165) is 0 Å². The highest BCUT2D eigenvalue weighted by atomic mass is 16.4. The molecule has 1 N–H and O–H groups in total. The Kier molecular flexibility index (Phi) is 3.37. The maximum Gasteiger partial charge on any atom is 0.307 e. The van der Waals surface area contributed by atoms with Crippen molar-refractivity contribution in [2.45, 2.75) is 39.8 Å². The van der Waals surface area contributed by atoms with Gasteiger partial charge >= 0.3 is 5.97 Å². The molecular weight excluding hydrogens is 244 g/mol. The van der Waals surface area contributed by atoms with Crippen LogP contribution in [-0.4, -0.2) is 59.0 Å². The number of carbonyl (C=O) groups excluding carboxylic acids is 1. The van der Waals surface area contributed by atoms with Crippen molar-refractivity contribution >= 4 is 11.9 Å². The number of likely N-dealkylation sites (N-methyl/N-ethyl adjacent to an activating group) is 1. The summed E-state index contributed by atoms with van der Waals surface area (Å²) in [6.45, 7) is 9.33. The van der Waals surface area contributed by atoms with Crippen LogP contribution in [0.2, 0.25) is 0 Å². The molecule has 108 valence electrons. The van der Waals surface area contributed by atoms with Crippen LogP contribution in [0.25, 0.3) is 0 Å². The molecule has 0 bridgehead atoms. The molecule has 4 unspecified atom stereocenters. The minimum atomic E-state index is -0.849. The van der Waals surface area contributed by atoms with Gasteiger partial charge in [0.2, 0.25) is 5.91 Å². The van der Waals surface area contributed by atoms with Crippen molar-refractivity contribution in [3.63, 3.8) is 0 Å². The van der Waals surface area contributed by atoms with Crippen molar-refractivity contribution < 1.29 is 14.7 Å². The lowest BCUT2D eigenvalue weighted by Gasteiger charge is -2.42. The fourth-order valence-corrected chi connectivity index (χ4v) is 3.34. The average molecular weight is 268 g/mol. The molecule has 1 saturated heterocycles. The Labute approximate surface area is 114 Å². The van der Waals surface area contributed by atoms with Gasteiger partial charge in [0.25, 0.3) is 0 Å². The van der Waals surface area contributed by atoms with Crippen LogP contribution in [-0.2, 0) is 9.59 Å². The molecule has 1 aliphatic carbocycles. The van der Waals surface area contributed by atoms with Gasteiger partial charge < -0.3 is 10.0 Å². The molecule has 0 aromatic carbocycles. The first-order valence-electron chi connectivity index (χ1n) is 6.91. The maximum absolute atomic E-state index is 12.5. The summed E-state index contributed by atoms with van der Waals surface area (Å²) in [6, 6.07) is 0.635. The van der Waals surface area contributed by atoms with Gasteiger partial charge in [0.1, 0.15) is 0 Å². The van der Waals surface area contributed by atoms with E-state index >= 15 is 0 Å². The number of carboxylic acid groups (broad SMARTS) is 1. The molecule has 2 fully saturated rings. The van der Waals surface area contributed by atoms with E-state index in [-0.39, 0.29) is 11.8 Å². The second kappa shape index (κ2) is 4.47. The standard InChI is InChI=1S/C14H24N2O3/c1-8-6-16(7-9(2)15(8)5)12(17)10-11(13(18)19)14(10,3)4/h8-11H,6-7H2,1-5H3,(H,18,19). The van der Waals surface area contributed by atoms with Crippen molar-refractivity contribution in [3.05, 3.63) is 0 Å². The van der Waals surface area contributed by atoms with Crippen LogP contribution >= 0.6 is 0 Å². The van der Waals surface area contributed by atoms with Crippen molar-refractivity contribution in [1.29, 1.82) is 0 Å². The number of hydrogen-bond acceptors (Lipinski definition) is 3. The van der Waals surface area contributed by atoms with E-state index < -0.39 is 17.3 Å². The summed E-state index contributed by atoms with van der Waals surface area (Å²) in [4.78, 5) is 27.8. The van der Waals surface area contributed by atoms with Crippen LogP contribution in [0.15, 0.2) is 0 Å². The quantitative estimate of drug-likeness (QED) is 0.808. The number of nitrogens with zero attached hydrogens (tertiary/aromatic N) is 2. The second-order valence-electron chi connectivity index (χ2n) is 6.72. The fraction of sp³-hybridized carbons (Fsp3) is 0.857. The predicted octanol–water partition coefficient (Wildman–Crippen LogP) is 0.894. The van der Waals surface area contributed by atoms with Crippen LogP contribution in [0.1, 0.15) is 27.7 Å². The number of amides is 1. The second-order valence-corrected chi connectivity index (χ2v) is 6.72. The summed E-state index contributed by atoms with van der Waals surface area (Å²) in [5.41, 5.74) is -0.404. The zero-order chi connectivity index (χ0) is 14.5. The van der Waals surface area contributed by atoms with E-state index in [1.165, 1.54) is 0 Å². The van der Waals surface area contributed by atoms with Crippen LogP contribution in [0, 0.1) is 17.3 Å². The number of aliphatic carboxylic acids is 1. The summed E-state index contributed by atoms with van der Waals surface area (Å²) < 4.78 is 0. The largest absolute Gasteiger partial charge is 0.481 e. The molecule has 0 aromatic rings. The molecule has 19 heavy (non-hydrogen) atoms. The average Bonchev–Trinajstić information content (AvgIpc) is 2.87. The zero-order valence-corrected chi connectivity index (χ0v) is 12.4. The van der Waals surface area contributed by atoms with Gasteiger partial charge in [-0.1, -0.05) is 13.8 Å². The number of hydrogen-bond donors (Lipinski definition) is 1. The fourth-order valence-electron chi connectivity index (χ4n) is 3.34. The molecule has 1 heterocycles. The highest BCUT2D eigenvalue weighted by Crippen LogP contribution is 2.59. The Morgan fingerprint density at radius 3 is 1.95 bits per heavy atom. The molecule has 2 aliphatic rings. The third-order valence-electron chi connectivity index (χ3n) is 5.03. The van der Waals surface area contributed by atoms with Gasteiger partial charge in [-0.2, -0.15) is 0 Å². The summed E-state index contributed by atoms with van der Waals surface area (Å²) in [6.07, 6.45) is 0. The zero-order valence-electron chi connectivity index (χ0n) is 12.4. The molecule has 2 rings (SSSR count). The number of rotatable bonds is 2. The first kappa shape index (κ1) is 14.3. The highest BCUT2D eigenvalue weighted by molar-refractivity contribution is 5.91.